The van der Waals surface area contributed by atoms with Gasteiger partial charge in [0, 0.05) is 18.1 Å². The average Bonchev–Trinajstić information content (AvgIpc) is 3.57. The smallest absolute Gasteiger partial charge is 0.306 e. The molecule has 6 nitrogen and oxygen atoms in total. The second-order valence-electron chi connectivity index (χ2n) is 10.3. The topological polar surface area (TPSA) is 73.2 Å². The van der Waals surface area contributed by atoms with E-state index in [2.05, 4.69) is 38.2 Å². The summed E-state index contributed by atoms with van der Waals surface area (Å²) in [5.41, 5.74) is 6.18. The lowest BCUT2D eigenvalue weighted by Gasteiger charge is -2.20. The highest BCUT2D eigenvalue weighted by Gasteiger charge is 2.40. The summed E-state index contributed by atoms with van der Waals surface area (Å²) in [6, 6.07) is 15.8. The molecule has 35 heavy (non-hydrogen) atoms. The monoisotopic (exact) mass is 471 g/mol. The quantitative estimate of drug-likeness (QED) is 0.444. The maximum absolute atomic E-state index is 12.7. The van der Waals surface area contributed by atoms with Crippen molar-refractivity contribution in [3.05, 3.63) is 65.2 Å². The number of hydrogen-bond acceptors (Lipinski definition) is 4. The standard InChI is InChI=1S/C29H33N3O3/c1-18-11-20(3)25(12-19(18)2)26-16-27(32(31-26)24-7-5-4-6-8-24)30-28(33)17-35-29(34)15-23-14-21-9-10-22(23)13-21/h4-8,11-12,16,21-23H,9-10,13-15,17H2,1-3H3,(H,30,33)/t21-,22-,23-/m1/s1. The van der Waals surface area contributed by atoms with E-state index in [0.717, 1.165) is 34.8 Å². The first-order chi connectivity index (χ1) is 16.9. The van der Waals surface area contributed by atoms with Crippen molar-refractivity contribution in [2.75, 3.05) is 11.9 Å². The summed E-state index contributed by atoms with van der Waals surface area (Å²) in [5.74, 6) is 1.77. The molecule has 2 bridgehead atoms. The van der Waals surface area contributed by atoms with Gasteiger partial charge in [0.2, 0.25) is 0 Å². The van der Waals surface area contributed by atoms with Crippen LogP contribution in [-0.4, -0.2) is 28.3 Å². The number of ether oxygens (including phenoxy) is 1. The second-order valence-corrected chi connectivity index (χ2v) is 10.3. The van der Waals surface area contributed by atoms with Gasteiger partial charge >= 0.3 is 5.97 Å². The van der Waals surface area contributed by atoms with E-state index in [0.29, 0.717) is 24.1 Å². The minimum Gasteiger partial charge on any atom is -0.456 e. The Hall–Kier alpha value is -3.41. The van der Waals surface area contributed by atoms with Crippen molar-refractivity contribution in [2.45, 2.75) is 52.9 Å². The summed E-state index contributed by atoms with van der Waals surface area (Å²) in [4.78, 5) is 25.1. The van der Waals surface area contributed by atoms with E-state index in [-0.39, 0.29) is 18.5 Å². The predicted octanol–water partition coefficient (Wildman–Crippen LogP) is 5.77. The lowest BCUT2D eigenvalue weighted by Crippen LogP contribution is -2.24. The van der Waals surface area contributed by atoms with Gasteiger partial charge < -0.3 is 10.1 Å². The number of aromatic nitrogens is 2. The van der Waals surface area contributed by atoms with E-state index in [1.54, 1.807) is 4.68 Å². The number of hydrogen-bond donors (Lipinski definition) is 1. The molecule has 182 valence electrons. The zero-order valence-corrected chi connectivity index (χ0v) is 20.7. The number of amides is 1. The van der Waals surface area contributed by atoms with Crippen LogP contribution in [0, 0.1) is 38.5 Å². The van der Waals surface area contributed by atoms with Crippen LogP contribution in [-0.2, 0) is 14.3 Å². The van der Waals surface area contributed by atoms with Gasteiger partial charge in [-0.3, -0.25) is 9.59 Å². The number of fused-ring (bicyclic) bond motifs is 2. The summed E-state index contributed by atoms with van der Waals surface area (Å²) in [6.07, 6.45) is 5.34. The molecule has 0 unspecified atom stereocenters. The van der Waals surface area contributed by atoms with Crippen LogP contribution in [0.2, 0.25) is 0 Å². The van der Waals surface area contributed by atoms with Gasteiger partial charge in [-0.1, -0.05) is 30.7 Å². The fourth-order valence-electron chi connectivity index (χ4n) is 5.83. The molecule has 3 atom stereocenters. The molecule has 0 spiro atoms. The van der Waals surface area contributed by atoms with E-state index in [1.807, 2.05) is 36.4 Å². The zero-order chi connectivity index (χ0) is 24.5. The Morgan fingerprint density at radius 2 is 1.77 bits per heavy atom. The molecule has 1 amide bonds. The molecule has 1 aromatic heterocycles. The number of benzene rings is 2. The SMILES string of the molecule is Cc1cc(C)c(-c2cc(NC(=O)COC(=O)C[C@H]3C[C@@H]4CC[C@@H]3C4)n(-c3ccccc3)n2)cc1C. The lowest BCUT2D eigenvalue weighted by atomic mass is 9.86. The van der Waals surface area contributed by atoms with E-state index in [4.69, 9.17) is 9.84 Å². The van der Waals surface area contributed by atoms with Crippen molar-refractivity contribution >= 4 is 17.7 Å². The van der Waals surface area contributed by atoms with Gasteiger partial charge in [0.25, 0.3) is 5.91 Å². The van der Waals surface area contributed by atoms with Gasteiger partial charge in [-0.05, 0) is 92.7 Å². The van der Waals surface area contributed by atoms with Crippen molar-refractivity contribution < 1.29 is 14.3 Å². The maximum Gasteiger partial charge on any atom is 0.306 e. The summed E-state index contributed by atoms with van der Waals surface area (Å²) in [5, 5.41) is 7.72. The van der Waals surface area contributed by atoms with Gasteiger partial charge in [0.05, 0.1) is 11.4 Å². The molecule has 2 aliphatic carbocycles. The molecule has 0 saturated heterocycles. The predicted molar refractivity (Wildman–Crippen MR) is 136 cm³/mol. The number of anilines is 1. The third-order valence-corrected chi connectivity index (χ3v) is 7.77. The Kier molecular flexibility index (Phi) is 6.46. The normalized spacial score (nSPS) is 20.7. The lowest BCUT2D eigenvalue weighted by molar-refractivity contribution is -0.148. The molecule has 3 aromatic rings. The highest BCUT2D eigenvalue weighted by molar-refractivity contribution is 5.93. The number of esters is 1. The first kappa shape index (κ1) is 23.3. The van der Waals surface area contributed by atoms with Crippen LogP contribution in [0.1, 0.15) is 48.8 Å². The van der Waals surface area contributed by atoms with E-state index < -0.39 is 0 Å². The van der Waals surface area contributed by atoms with Gasteiger partial charge in [0.1, 0.15) is 5.82 Å². The maximum atomic E-state index is 12.7. The molecule has 6 heteroatoms. The molecule has 0 aliphatic heterocycles. The van der Waals surface area contributed by atoms with E-state index in [1.165, 1.54) is 30.4 Å². The minimum absolute atomic E-state index is 0.277. The highest BCUT2D eigenvalue weighted by atomic mass is 16.5. The van der Waals surface area contributed by atoms with Gasteiger partial charge in [-0.15, -0.1) is 0 Å². The fourth-order valence-corrected chi connectivity index (χ4v) is 5.83. The summed E-state index contributed by atoms with van der Waals surface area (Å²) >= 11 is 0. The molecule has 2 aromatic carbocycles. The Bertz CT molecular complexity index is 1250. The van der Waals surface area contributed by atoms with Gasteiger partial charge in [0.15, 0.2) is 6.61 Å². The van der Waals surface area contributed by atoms with Crippen LogP contribution in [0.15, 0.2) is 48.5 Å². The number of carbonyl (C=O) groups is 2. The van der Waals surface area contributed by atoms with Crippen molar-refractivity contribution in [1.29, 1.82) is 0 Å². The molecular formula is C29H33N3O3. The Labute approximate surface area is 206 Å². The molecule has 0 radical (unpaired) electrons. The van der Waals surface area contributed by atoms with Crippen LogP contribution in [0.4, 0.5) is 5.82 Å². The van der Waals surface area contributed by atoms with Crippen molar-refractivity contribution in [3.8, 4) is 16.9 Å². The molecule has 2 saturated carbocycles. The Morgan fingerprint density at radius 1 is 1.00 bits per heavy atom. The first-order valence-corrected chi connectivity index (χ1v) is 12.6. The van der Waals surface area contributed by atoms with Gasteiger partial charge in [-0.25, -0.2) is 4.68 Å². The average molecular weight is 472 g/mol. The zero-order valence-electron chi connectivity index (χ0n) is 20.7. The number of carbonyl (C=O) groups excluding carboxylic acids is 2. The number of rotatable bonds is 7. The number of aryl methyl sites for hydroxylation is 3. The molecule has 1 heterocycles. The van der Waals surface area contributed by atoms with Crippen LogP contribution in [0.25, 0.3) is 16.9 Å². The van der Waals surface area contributed by atoms with E-state index >= 15 is 0 Å². The molecule has 2 fully saturated rings. The van der Waals surface area contributed by atoms with E-state index in [9.17, 15) is 9.59 Å². The Balaban J connectivity index is 1.30. The molecule has 5 rings (SSSR count). The Morgan fingerprint density at radius 3 is 2.49 bits per heavy atom. The number of para-hydroxylation sites is 1. The number of nitrogens with zero attached hydrogens (tertiary/aromatic N) is 2. The van der Waals surface area contributed by atoms with Crippen molar-refractivity contribution in [1.82, 2.24) is 9.78 Å². The van der Waals surface area contributed by atoms with Crippen molar-refractivity contribution in [3.63, 3.8) is 0 Å². The van der Waals surface area contributed by atoms with Crippen LogP contribution in [0.3, 0.4) is 0 Å². The third-order valence-electron chi connectivity index (χ3n) is 7.77. The molecule has 2 aliphatic rings. The minimum atomic E-state index is -0.369. The summed E-state index contributed by atoms with van der Waals surface area (Å²) in [7, 11) is 0. The molecule has 1 N–H and O–H groups in total. The number of nitrogens with one attached hydrogen (secondary N) is 1. The first-order valence-electron chi connectivity index (χ1n) is 12.6. The van der Waals surface area contributed by atoms with Crippen LogP contribution >= 0.6 is 0 Å². The molecular weight excluding hydrogens is 438 g/mol. The third kappa shape index (κ3) is 5.02. The van der Waals surface area contributed by atoms with Crippen LogP contribution < -0.4 is 5.32 Å². The highest BCUT2D eigenvalue weighted by Crippen LogP contribution is 2.49. The fraction of sp³-hybridized carbons (Fsp3) is 0.414. The summed E-state index contributed by atoms with van der Waals surface area (Å²) < 4.78 is 7.07. The van der Waals surface area contributed by atoms with Crippen LogP contribution in [0.5, 0.6) is 0 Å². The second kappa shape index (κ2) is 9.68. The largest absolute Gasteiger partial charge is 0.456 e. The summed E-state index contributed by atoms with van der Waals surface area (Å²) in [6.45, 7) is 5.95. The van der Waals surface area contributed by atoms with Gasteiger partial charge in [-0.2, -0.15) is 5.10 Å². The van der Waals surface area contributed by atoms with Crippen molar-refractivity contribution in [2.24, 2.45) is 17.8 Å².